The third-order valence-electron chi connectivity index (χ3n) is 2.72. The topological polar surface area (TPSA) is 113 Å². The summed E-state index contributed by atoms with van der Waals surface area (Å²) in [7, 11) is 1.59. The third kappa shape index (κ3) is 6.90. The molecule has 0 bridgehead atoms. The fourth-order valence-corrected chi connectivity index (χ4v) is 1.91. The van der Waals surface area contributed by atoms with E-state index in [0.29, 0.717) is 0 Å². The Kier molecular flexibility index (Phi) is 7.97. The molecule has 0 aromatic rings. The first-order valence-electron chi connectivity index (χ1n) is 5.83. The molecule has 0 saturated heterocycles. The highest BCUT2D eigenvalue weighted by atomic mass is 32.2. The standard InChI is InChI=1S/C11H21N3O4S/c1-7(4-5-19-3)14(2)11(18)13-8(10(16)17)6-9(12)15/h7-8H,4-6H2,1-3H3,(H2,12,15)(H,13,18)(H,16,17)/t7?,8-/m0/s1. The second-order valence-electron chi connectivity index (χ2n) is 4.25. The number of aliphatic carboxylic acids is 1. The molecule has 8 heteroatoms. The molecule has 0 aromatic carbocycles. The quantitative estimate of drug-likeness (QED) is 0.587. The summed E-state index contributed by atoms with van der Waals surface area (Å²) in [6, 6.07) is -1.84. The Bertz CT molecular complexity index is 338. The van der Waals surface area contributed by atoms with Crippen molar-refractivity contribution in [2.75, 3.05) is 19.1 Å². The zero-order chi connectivity index (χ0) is 15.0. The highest BCUT2D eigenvalue weighted by Crippen LogP contribution is 2.06. The Morgan fingerprint density at radius 2 is 2.00 bits per heavy atom. The van der Waals surface area contributed by atoms with Crippen LogP contribution in [0.4, 0.5) is 4.79 Å². The molecule has 0 radical (unpaired) electrons. The summed E-state index contributed by atoms with van der Waals surface area (Å²) in [4.78, 5) is 34.9. The van der Waals surface area contributed by atoms with Crippen molar-refractivity contribution in [3.05, 3.63) is 0 Å². The van der Waals surface area contributed by atoms with Gasteiger partial charge in [-0.15, -0.1) is 0 Å². The maximum absolute atomic E-state index is 11.8. The van der Waals surface area contributed by atoms with Gasteiger partial charge >= 0.3 is 12.0 Å². The van der Waals surface area contributed by atoms with Crippen molar-refractivity contribution in [3.8, 4) is 0 Å². The molecule has 0 aromatic heterocycles. The van der Waals surface area contributed by atoms with Crippen molar-refractivity contribution >= 4 is 29.7 Å². The summed E-state index contributed by atoms with van der Waals surface area (Å²) in [5.74, 6) is -1.15. The minimum atomic E-state index is -1.29. The van der Waals surface area contributed by atoms with Crippen LogP contribution in [0.5, 0.6) is 0 Å². The van der Waals surface area contributed by atoms with Crippen molar-refractivity contribution in [1.82, 2.24) is 10.2 Å². The number of nitrogens with two attached hydrogens (primary N) is 1. The monoisotopic (exact) mass is 291 g/mol. The fraction of sp³-hybridized carbons (Fsp3) is 0.727. The van der Waals surface area contributed by atoms with E-state index in [4.69, 9.17) is 10.8 Å². The highest BCUT2D eigenvalue weighted by molar-refractivity contribution is 7.98. The van der Waals surface area contributed by atoms with Gasteiger partial charge < -0.3 is 21.1 Å². The lowest BCUT2D eigenvalue weighted by atomic mass is 10.2. The number of rotatable bonds is 8. The number of hydrogen-bond donors (Lipinski definition) is 3. The number of nitrogens with one attached hydrogen (secondary N) is 1. The highest BCUT2D eigenvalue weighted by Gasteiger charge is 2.25. The summed E-state index contributed by atoms with van der Waals surface area (Å²) in [6.45, 7) is 1.87. The second-order valence-corrected chi connectivity index (χ2v) is 5.24. The minimum absolute atomic E-state index is 0.0181. The molecule has 2 atom stereocenters. The SMILES string of the molecule is CSCCC(C)N(C)C(=O)N[C@@H](CC(N)=O)C(=O)O. The number of urea groups is 1. The largest absolute Gasteiger partial charge is 0.480 e. The molecule has 4 N–H and O–H groups in total. The van der Waals surface area contributed by atoms with Crippen LogP contribution in [0, 0.1) is 0 Å². The summed E-state index contributed by atoms with van der Waals surface area (Å²) in [5.41, 5.74) is 4.94. The number of primary amides is 1. The molecule has 0 aliphatic heterocycles. The van der Waals surface area contributed by atoms with Gasteiger partial charge in [0, 0.05) is 13.1 Å². The van der Waals surface area contributed by atoms with Crippen molar-refractivity contribution in [2.45, 2.75) is 31.8 Å². The lowest BCUT2D eigenvalue weighted by Gasteiger charge is -2.26. The smallest absolute Gasteiger partial charge is 0.326 e. The van der Waals surface area contributed by atoms with Crippen LogP contribution < -0.4 is 11.1 Å². The van der Waals surface area contributed by atoms with E-state index in [0.717, 1.165) is 12.2 Å². The van der Waals surface area contributed by atoms with Crippen LogP contribution in [0.25, 0.3) is 0 Å². The van der Waals surface area contributed by atoms with Crippen LogP contribution >= 0.6 is 11.8 Å². The number of carbonyl (C=O) groups is 3. The molecule has 0 fully saturated rings. The van der Waals surface area contributed by atoms with Gasteiger partial charge in [-0.2, -0.15) is 11.8 Å². The summed E-state index contributed by atoms with van der Waals surface area (Å²) >= 11 is 1.67. The first-order valence-corrected chi connectivity index (χ1v) is 7.22. The number of thioether (sulfide) groups is 1. The predicted octanol–water partition coefficient (Wildman–Crippen LogP) is 0.0980. The average Bonchev–Trinajstić information content (AvgIpc) is 2.33. The molecule has 0 heterocycles. The second kappa shape index (κ2) is 8.63. The summed E-state index contributed by atoms with van der Waals surface area (Å²) in [6.07, 6.45) is 2.35. The maximum atomic E-state index is 11.8. The fourth-order valence-electron chi connectivity index (χ4n) is 1.33. The molecule has 110 valence electrons. The van der Waals surface area contributed by atoms with E-state index in [1.54, 1.807) is 18.8 Å². The van der Waals surface area contributed by atoms with E-state index in [-0.39, 0.29) is 6.04 Å². The number of carboxylic acid groups (broad SMARTS) is 1. The van der Waals surface area contributed by atoms with Gasteiger partial charge in [-0.25, -0.2) is 9.59 Å². The zero-order valence-corrected chi connectivity index (χ0v) is 12.2. The van der Waals surface area contributed by atoms with Gasteiger partial charge in [0.15, 0.2) is 0 Å². The van der Waals surface area contributed by atoms with Crippen LogP contribution in [0.15, 0.2) is 0 Å². The Labute approximate surface area is 116 Å². The van der Waals surface area contributed by atoms with Gasteiger partial charge in [0.05, 0.1) is 6.42 Å². The molecule has 0 saturated carbocycles. The lowest BCUT2D eigenvalue weighted by Crippen LogP contribution is -2.50. The minimum Gasteiger partial charge on any atom is -0.480 e. The van der Waals surface area contributed by atoms with Crippen LogP contribution in [0.1, 0.15) is 19.8 Å². The molecule has 0 aliphatic rings. The van der Waals surface area contributed by atoms with E-state index < -0.39 is 30.4 Å². The van der Waals surface area contributed by atoms with Crippen LogP contribution in [-0.4, -0.2) is 59.1 Å². The Balaban J connectivity index is 4.46. The number of nitrogens with zero attached hydrogens (tertiary/aromatic N) is 1. The first kappa shape index (κ1) is 17.6. The predicted molar refractivity (Wildman–Crippen MR) is 74.0 cm³/mol. The molecule has 19 heavy (non-hydrogen) atoms. The van der Waals surface area contributed by atoms with Crippen LogP contribution in [0.3, 0.4) is 0 Å². The van der Waals surface area contributed by atoms with E-state index in [2.05, 4.69) is 5.32 Å². The normalized spacial score (nSPS) is 13.4. The number of amides is 3. The Morgan fingerprint density at radius 3 is 2.42 bits per heavy atom. The number of carbonyl (C=O) groups excluding carboxylic acids is 2. The van der Waals surface area contributed by atoms with Crippen molar-refractivity contribution in [2.24, 2.45) is 5.73 Å². The van der Waals surface area contributed by atoms with E-state index in [1.165, 1.54) is 4.90 Å². The molecule has 0 aliphatic carbocycles. The van der Waals surface area contributed by atoms with E-state index >= 15 is 0 Å². The van der Waals surface area contributed by atoms with Crippen molar-refractivity contribution in [3.63, 3.8) is 0 Å². The summed E-state index contributed by atoms with van der Waals surface area (Å²) < 4.78 is 0. The zero-order valence-electron chi connectivity index (χ0n) is 11.4. The number of carboxylic acids is 1. The van der Waals surface area contributed by atoms with Crippen LogP contribution in [-0.2, 0) is 9.59 Å². The first-order chi connectivity index (χ1) is 8.79. The van der Waals surface area contributed by atoms with Gasteiger partial charge in [0.1, 0.15) is 6.04 Å². The number of hydrogen-bond acceptors (Lipinski definition) is 4. The molecule has 1 unspecified atom stereocenters. The van der Waals surface area contributed by atoms with Gasteiger partial charge in [0.25, 0.3) is 0 Å². The molecule has 0 spiro atoms. The summed E-state index contributed by atoms with van der Waals surface area (Å²) in [5, 5.41) is 11.2. The van der Waals surface area contributed by atoms with Gasteiger partial charge in [0.2, 0.25) is 5.91 Å². The molecular formula is C11H21N3O4S. The van der Waals surface area contributed by atoms with E-state index in [1.807, 2.05) is 13.2 Å². The Morgan fingerprint density at radius 1 is 1.42 bits per heavy atom. The molecule has 0 rings (SSSR count). The molecule has 3 amide bonds. The van der Waals surface area contributed by atoms with Gasteiger partial charge in [-0.05, 0) is 25.4 Å². The van der Waals surface area contributed by atoms with Gasteiger partial charge in [-0.3, -0.25) is 4.79 Å². The van der Waals surface area contributed by atoms with Crippen LogP contribution in [0.2, 0.25) is 0 Å². The van der Waals surface area contributed by atoms with Crippen molar-refractivity contribution < 1.29 is 19.5 Å². The van der Waals surface area contributed by atoms with Gasteiger partial charge in [-0.1, -0.05) is 0 Å². The molecular weight excluding hydrogens is 270 g/mol. The third-order valence-corrected chi connectivity index (χ3v) is 3.37. The van der Waals surface area contributed by atoms with E-state index in [9.17, 15) is 14.4 Å². The molecule has 7 nitrogen and oxygen atoms in total. The average molecular weight is 291 g/mol. The lowest BCUT2D eigenvalue weighted by molar-refractivity contribution is -0.141. The maximum Gasteiger partial charge on any atom is 0.326 e. The van der Waals surface area contributed by atoms with Crippen molar-refractivity contribution in [1.29, 1.82) is 0 Å². The Hall–Kier alpha value is -1.44.